The van der Waals surface area contributed by atoms with Crippen molar-refractivity contribution in [2.45, 2.75) is 6.92 Å². The van der Waals surface area contributed by atoms with Gasteiger partial charge < -0.3 is 5.73 Å². The first-order valence-corrected chi connectivity index (χ1v) is 5.22. The van der Waals surface area contributed by atoms with E-state index in [1.54, 1.807) is 0 Å². The van der Waals surface area contributed by atoms with Gasteiger partial charge in [-0.1, -0.05) is 30.3 Å². The minimum Gasteiger partial charge on any atom is -0.370 e. The topological polar surface area (TPSA) is 79.0 Å². The highest BCUT2D eigenvalue weighted by Gasteiger charge is 2.10. The van der Waals surface area contributed by atoms with Crippen molar-refractivity contribution in [2.24, 2.45) is 5.73 Å². The fourth-order valence-electron chi connectivity index (χ4n) is 1.79. The van der Waals surface area contributed by atoms with Crippen LogP contribution in [0.2, 0.25) is 0 Å². The number of carbonyl (C=O) groups excluding carboxylic acids is 1. The molecule has 0 radical (unpaired) electrons. The monoisotopic (exact) mass is 227 g/mol. The van der Waals surface area contributed by atoms with Gasteiger partial charge in [0.1, 0.15) is 0 Å². The number of nitrogens with one attached hydrogen (secondary N) is 2. The van der Waals surface area contributed by atoms with E-state index < -0.39 is 0 Å². The molecule has 2 rings (SSSR count). The fraction of sp³-hybridized carbons (Fsp3) is 0.0769. The average Bonchev–Trinajstić information content (AvgIpc) is 2.27. The van der Waals surface area contributed by atoms with Crippen molar-refractivity contribution in [3.8, 4) is 0 Å². The number of hydrogen-bond donors (Lipinski definition) is 3. The molecular formula is C13H13N3O. The molecule has 1 amide bonds. The maximum Gasteiger partial charge on any atom is 0.258 e. The predicted octanol–water partition coefficient (Wildman–Crippen LogP) is 1.77. The summed E-state index contributed by atoms with van der Waals surface area (Å²) in [7, 11) is 0. The third kappa shape index (κ3) is 2.25. The van der Waals surface area contributed by atoms with Gasteiger partial charge in [-0.05, 0) is 29.3 Å². The van der Waals surface area contributed by atoms with Crippen LogP contribution in [0.25, 0.3) is 10.8 Å². The first-order valence-electron chi connectivity index (χ1n) is 5.22. The zero-order valence-electron chi connectivity index (χ0n) is 9.45. The van der Waals surface area contributed by atoms with Gasteiger partial charge in [0.05, 0.1) is 0 Å². The zero-order valence-corrected chi connectivity index (χ0v) is 9.45. The number of carbonyl (C=O) groups is 1. The molecule has 4 N–H and O–H groups in total. The summed E-state index contributed by atoms with van der Waals surface area (Å²) >= 11 is 0. The van der Waals surface area contributed by atoms with Crippen molar-refractivity contribution >= 4 is 22.6 Å². The summed E-state index contributed by atoms with van der Waals surface area (Å²) in [5, 5.41) is 11.4. The molecule has 0 unspecified atom stereocenters. The highest BCUT2D eigenvalue weighted by Crippen LogP contribution is 2.19. The predicted molar refractivity (Wildman–Crippen MR) is 68.1 cm³/mol. The molecule has 4 nitrogen and oxygen atoms in total. The molecule has 0 aromatic heterocycles. The Balaban J connectivity index is 2.50. The summed E-state index contributed by atoms with van der Waals surface area (Å²) in [5.74, 6) is -0.691. The Morgan fingerprint density at radius 1 is 1.24 bits per heavy atom. The molecule has 0 aliphatic rings. The first kappa shape index (κ1) is 11.1. The Labute approximate surface area is 98.9 Å². The molecule has 2 aromatic carbocycles. The van der Waals surface area contributed by atoms with Crippen LogP contribution < -0.4 is 11.1 Å². The summed E-state index contributed by atoms with van der Waals surface area (Å²) in [4.78, 5) is 11.8. The van der Waals surface area contributed by atoms with Crippen molar-refractivity contribution in [3.05, 3.63) is 47.5 Å². The third-order valence-corrected chi connectivity index (χ3v) is 2.59. The summed E-state index contributed by atoms with van der Waals surface area (Å²) < 4.78 is 0. The molecule has 0 aliphatic heterocycles. The van der Waals surface area contributed by atoms with Crippen LogP contribution in [0.1, 0.15) is 15.9 Å². The van der Waals surface area contributed by atoms with Gasteiger partial charge >= 0.3 is 0 Å². The Morgan fingerprint density at radius 3 is 2.41 bits per heavy atom. The van der Waals surface area contributed by atoms with Gasteiger partial charge in [0.2, 0.25) is 0 Å². The van der Waals surface area contributed by atoms with E-state index >= 15 is 0 Å². The Hall–Kier alpha value is -2.36. The van der Waals surface area contributed by atoms with Crippen LogP contribution in [-0.2, 0) is 0 Å². The van der Waals surface area contributed by atoms with Gasteiger partial charge in [-0.25, -0.2) is 0 Å². The minimum absolute atomic E-state index is 0.345. The molecular weight excluding hydrogens is 214 g/mol. The average molecular weight is 227 g/mol. The molecule has 0 spiro atoms. The van der Waals surface area contributed by atoms with E-state index in [1.165, 1.54) is 0 Å². The lowest BCUT2D eigenvalue weighted by atomic mass is 10.0. The lowest BCUT2D eigenvalue weighted by molar-refractivity contribution is 0.0976. The molecule has 0 aliphatic carbocycles. The lowest BCUT2D eigenvalue weighted by Gasteiger charge is -2.08. The smallest absolute Gasteiger partial charge is 0.258 e. The highest BCUT2D eigenvalue weighted by atomic mass is 16.1. The van der Waals surface area contributed by atoms with Crippen LogP contribution in [0.4, 0.5) is 0 Å². The number of hydrogen-bond acceptors (Lipinski definition) is 2. The van der Waals surface area contributed by atoms with Gasteiger partial charge in [-0.15, -0.1) is 0 Å². The number of guanidine groups is 1. The summed E-state index contributed by atoms with van der Waals surface area (Å²) in [6.45, 7) is 1.86. The SMILES string of the molecule is Cc1cc2ccccc2cc1C(=O)NC(=N)N. The van der Waals surface area contributed by atoms with E-state index in [4.69, 9.17) is 11.1 Å². The number of nitrogens with two attached hydrogens (primary N) is 1. The normalized spacial score (nSPS) is 10.2. The van der Waals surface area contributed by atoms with Gasteiger partial charge in [-0.3, -0.25) is 15.5 Å². The Morgan fingerprint density at radius 2 is 1.82 bits per heavy atom. The van der Waals surface area contributed by atoms with E-state index in [0.717, 1.165) is 16.3 Å². The molecule has 0 bridgehead atoms. The molecule has 86 valence electrons. The minimum atomic E-state index is -0.347. The number of rotatable bonds is 1. The first-order chi connectivity index (χ1) is 8.08. The van der Waals surface area contributed by atoms with Crippen LogP contribution in [0.15, 0.2) is 36.4 Å². The van der Waals surface area contributed by atoms with Crippen LogP contribution in [0.5, 0.6) is 0 Å². The second kappa shape index (κ2) is 4.25. The van der Waals surface area contributed by atoms with Crippen LogP contribution >= 0.6 is 0 Å². The van der Waals surface area contributed by atoms with Crippen molar-refractivity contribution in [2.75, 3.05) is 0 Å². The lowest BCUT2D eigenvalue weighted by Crippen LogP contribution is -2.36. The van der Waals surface area contributed by atoms with E-state index in [1.807, 2.05) is 43.3 Å². The maximum atomic E-state index is 11.8. The molecule has 2 aromatic rings. The van der Waals surface area contributed by atoms with Crippen molar-refractivity contribution in [1.29, 1.82) is 5.41 Å². The number of fused-ring (bicyclic) bond motifs is 1. The zero-order chi connectivity index (χ0) is 12.4. The number of amides is 1. The Bertz CT molecular complexity index is 605. The second-order valence-electron chi connectivity index (χ2n) is 3.88. The van der Waals surface area contributed by atoms with E-state index in [-0.39, 0.29) is 11.9 Å². The quantitative estimate of drug-likeness (QED) is 0.512. The molecule has 17 heavy (non-hydrogen) atoms. The summed E-state index contributed by atoms with van der Waals surface area (Å²) in [6, 6.07) is 11.6. The third-order valence-electron chi connectivity index (χ3n) is 2.59. The Kier molecular flexibility index (Phi) is 2.78. The number of aryl methyl sites for hydroxylation is 1. The largest absolute Gasteiger partial charge is 0.370 e. The van der Waals surface area contributed by atoms with Gasteiger partial charge in [0.15, 0.2) is 5.96 Å². The standard InChI is InChI=1S/C13H13N3O/c1-8-6-9-4-2-3-5-10(9)7-11(8)12(17)16-13(14)15/h2-7H,1H3,(H4,14,15,16,17). The van der Waals surface area contributed by atoms with Gasteiger partial charge in [0, 0.05) is 5.56 Å². The van der Waals surface area contributed by atoms with Gasteiger partial charge in [0.25, 0.3) is 5.91 Å². The molecule has 0 fully saturated rings. The van der Waals surface area contributed by atoms with Crippen LogP contribution in [-0.4, -0.2) is 11.9 Å². The molecule has 4 heteroatoms. The van der Waals surface area contributed by atoms with Crippen molar-refractivity contribution < 1.29 is 4.79 Å². The van der Waals surface area contributed by atoms with Crippen molar-refractivity contribution in [1.82, 2.24) is 5.32 Å². The summed E-state index contributed by atoms with van der Waals surface area (Å²) in [6.07, 6.45) is 0. The molecule has 0 atom stereocenters. The molecule has 0 saturated carbocycles. The highest BCUT2D eigenvalue weighted by molar-refractivity contribution is 6.07. The van der Waals surface area contributed by atoms with Crippen molar-refractivity contribution in [3.63, 3.8) is 0 Å². The van der Waals surface area contributed by atoms with E-state index in [0.29, 0.717) is 5.56 Å². The maximum absolute atomic E-state index is 11.8. The van der Waals surface area contributed by atoms with Crippen LogP contribution in [0.3, 0.4) is 0 Å². The fourth-order valence-corrected chi connectivity index (χ4v) is 1.79. The van der Waals surface area contributed by atoms with E-state index in [9.17, 15) is 4.79 Å². The summed E-state index contributed by atoms with van der Waals surface area (Å²) in [5.41, 5.74) is 6.55. The molecule has 0 saturated heterocycles. The van der Waals surface area contributed by atoms with E-state index in [2.05, 4.69) is 5.32 Å². The van der Waals surface area contributed by atoms with Crippen LogP contribution in [0, 0.1) is 12.3 Å². The van der Waals surface area contributed by atoms with Gasteiger partial charge in [-0.2, -0.15) is 0 Å². The molecule has 0 heterocycles. The number of benzene rings is 2. The second-order valence-corrected chi connectivity index (χ2v) is 3.88.